The minimum Gasteiger partial charge on any atom is -0.355 e. The molecule has 2 saturated heterocycles. The number of amides is 1. The molecule has 122 valence electrons. The first-order valence-corrected chi connectivity index (χ1v) is 9.95. The summed E-state index contributed by atoms with van der Waals surface area (Å²) in [7, 11) is 0. The van der Waals surface area contributed by atoms with E-state index in [9.17, 15) is 4.79 Å². The van der Waals surface area contributed by atoms with Crippen LogP contribution in [0.25, 0.3) is 0 Å². The normalized spacial score (nSPS) is 24.3. The Balaban J connectivity index is 1.68. The lowest BCUT2D eigenvalue weighted by Crippen LogP contribution is -2.50. The van der Waals surface area contributed by atoms with Gasteiger partial charge in [0.2, 0.25) is 5.91 Å². The first kappa shape index (κ1) is 17.1. The van der Waals surface area contributed by atoms with Crippen molar-refractivity contribution in [1.82, 2.24) is 15.5 Å². The van der Waals surface area contributed by atoms with Crippen LogP contribution in [-0.2, 0) is 4.79 Å². The minimum atomic E-state index is 0.138. The fraction of sp³-hybridized carbons (Fsp3) is 0.938. The Labute approximate surface area is 133 Å². The Kier molecular flexibility index (Phi) is 7.89. The highest BCUT2D eigenvalue weighted by atomic mass is 32.2. The summed E-state index contributed by atoms with van der Waals surface area (Å²) in [5.41, 5.74) is 0. The number of carbonyl (C=O) groups excluding carboxylic acids is 1. The summed E-state index contributed by atoms with van der Waals surface area (Å²) in [5, 5.41) is 6.58. The van der Waals surface area contributed by atoms with Gasteiger partial charge < -0.3 is 10.6 Å². The van der Waals surface area contributed by atoms with Crippen LogP contribution in [0.4, 0.5) is 0 Å². The number of likely N-dealkylation sites (tertiary alicyclic amines) is 1. The van der Waals surface area contributed by atoms with Crippen molar-refractivity contribution in [3.63, 3.8) is 0 Å². The monoisotopic (exact) mass is 313 g/mol. The van der Waals surface area contributed by atoms with Crippen molar-refractivity contribution in [1.29, 1.82) is 0 Å². The number of nitrogens with zero attached hydrogens (tertiary/aromatic N) is 1. The van der Waals surface area contributed by atoms with E-state index in [0.29, 0.717) is 6.04 Å². The predicted octanol–water partition coefficient (Wildman–Crippen LogP) is 1.85. The molecule has 5 heteroatoms. The lowest BCUT2D eigenvalue weighted by Gasteiger charge is -2.35. The average molecular weight is 314 g/mol. The van der Waals surface area contributed by atoms with Crippen LogP contribution >= 0.6 is 11.8 Å². The van der Waals surface area contributed by atoms with E-state index in [1.807, 2.05) is 11.8 Å². The second kappa shape index (κ2) is 9.70. The summed E-state index contributed by atoms with van der Waals surface area (Å²) >= 11 is 1.90. The molecule has 1 unspecified atom stereocenters. The zero-order valence-electron chi connectivity index (χ0n) is 13.4. The van der Waals surface area contributed by atoms with E-state index < -0.39 is 0 Å². The Morgan fingerprint density at radius 1 is 1.24 bits per heavy atom. The number of rotatable bonds is 8. The van der Waals surface area contributed by atoms with Crippen molar-refractivity contribution in [2.75, 3.05) is 38.2 Å². The molecule has 2 fully saturated rings. The standard InChI is InChI=1S/C16H31N3OS/c1-21-13-4-2-3-9-18-16(20)15-6-5-12-19(15)14-7-10-17-11-8-14/h14-15,17H,2-13H2,1H3,(H,18,20). The second-order valence-electron chi connectivity index (χ2n) is 6.22. The molecule has 4 nitrogen and oxygen atoms in total. The summed E-state index contributed by atoms with van der Waals surface area (Å²) in [4.78, 5) is 14.9. The molecule has 0 spiro atoms. The number of nitrogens with one attached hydrogen (secondary N) is 2. The van der Waals surface area contributed by atoms with Crippen LogP contribution < -0.4 is 10.6 Å². The molecule has 0 aromatic carbocycles. The average Bonchev–Trinajstić information content (AvgIpc) is 3.01. The number of unbranched alkanes of at least 4 members (excludes halogenated alkanes) is 2. The zero-order valence-corrected chi connectivity index (χ0v) is 14.2. The predicted molar refractivity (Wildman–Crippen MR) is 90.9 cm³/mol. The maximum absolute atomic E-state index is 12.4. The SMILES string of the molecule is CSCCCCCNC(=O)C1CCCN1C1CCNCC1. The Hall–Kier alpha value is -0.260. The van der Waals surface area contributed by atoms with Gasteiger partial charge >= 0.3 is 0 Å². The van der Waals surface area contributed by atoms with Crippen LogP contribution in [0.2, 0.25) is 0 Å². The van der Waals surface area contributed by atoms with Gasteiger partial charge in [0.1, 0.15) is 0 Å². The topological polar surface area (TPSA) is 44.4 Å². The maximum atomic E-state index is 12.4. The van der Waals surface area contributed by atoms with Crippen molar-refractivity contribution in [3.05, 3.63) is 0 Å². The quantitative estimate of drug-likeness (QED) is 0.671. The van der Waals surface area contributed by atoms with Crippen molar-refractivity contribution in [3.8, 4) is 0 Å². The van der Waals surface area contributed by atoms with Crippen LogP contribution in [0.5, 0.6) is 0 Å². The lowest BCUT2D eigenvalue weighted by atomic mass is 10.0. The van der Waals surface area contributed by atoms with Crippen molar-refractivity contribution in [2.45, 2.75) is 57.0 Å². The van der Waals surface area contributed by atoms with Gasteiger partial charge in [-0.05, 0) is 70.2 Å². The van der Waals surface area contributed by atoms with Crippen LogP contribution in [0.1, 0.15) is 44.9 Å². The van der Waals surface area contributed by atoms with E-state index in [1.165, 1.54) is 37.9 Å². The van der Waals surface area contributed by atoms with Crippen LogP contribution in [0.15, 0.2) is 0 Å². The number of hydrogen-bond acceptors (Lipinski definition) is 4. The van der Waals surface area contributed by atoms with E-state index in [-0.39, 0.29) is 11.9 Å². The van der Waals surface area contributed by atoms with Gasteiger partial charge in [-0.1, -0.05) is 6.42 Å². The van der Waals surface area contributed by atoms with E-state index in [1.54, 1.807) is 0 Å². The maximum Gasteiger partial charge on any atom is 0.237 e. The molecule has 0 saturated carbocycles. The Morgan fingerprint density at radius 3 is 2.81 bits per heavy atom. The van der Waals surface area contributed by atoms with Crippen molar-refractivity contribution < 1.29 is 4.79 Å². The summed E-state index contributed by atoms with van der Waals surface area (Å²) in [5.74, 6) is 1.51. The molecule has 2 aliphatic rings. The fourth-order valence-electron chi connectivity index (χ4n) is 3.52. The minimum absolute atomic E-state index is 0.138. The van der Waals surface area contributed by atoms with Crippen molar-refractivity contribution in [2.24, 2.45) is 0 Å². The molecule has 2 rings (SSSR count). The molecule has 1 atom stereocenters. The number of carbonyl (C=O) groups is 1. The first-order valence-electron chi connectivity index (χ1n) is 8.56. The van der Waals surface area contributed by atoms with Gasteiger partial charge in [-0.15, -0.1) is 0 Å². The highest BCUT2D eigenvalue weighted by Gasteiger charge is 2.35. The molecule has 0 bridgehead atoms. The summed E-state index contributed by atoms with van der Waals surface area (Å²) in [6.45, 7) is 4.16. The van der Waals surface area contributed by atoms with Gasteiger partial charge in [-0.25, -0.2) is 0 Å². The largest absolute Gasteiger partial charge is 0.355 e. The fourth-order valence-corrected chi connectivity index (χ4v) is 4.02. The zero-order chi connectivity index (χ0) is 14.9. The molecule has 0 radical (unpaired) electrons. The molecule has 2 aliphatic heterocycles. The lowest BCUT2D eigenvalue weighted by molar-refractivity contribution is -0.126. The number of piperidine rings is 1. The molecular formula is C16H31N3OS. The third-order valence-electron chi connectivity index (χ3n) is 4.70. The van der Waals surface area contributed by atoms with Crippen LogP contribution in [0.3, 0.4) is 0 Å². The van der Waals surface area contributed by atoms with Gasteiger partial charge in [0, 0.05) is 12.6 Å². The second-order valence-corrected chi connectivity index (χ2v) is 7.21. The molecule has 2 heterocycles. The molecule has 2 N–H and O–H groups in total. The van der Waals surface area contributed by atoms with E-state index >= 15 is 0 Å². The van der Waals surface area contributed by atoms with Gasteiger partial charge in [0.25, 0.3) is 0 Å². The Morgan fingerprint density at radius 2 is 2.05 bits per heavy atom. The smallest absolute Gasteiger partial charge is 0.237 e. The van der Waals surface area contributed by atoms with E-state index in [4.69, 9.17) is 0 Å². The summed E-state index contributed by atoms with van der Waals surface area (Å²) < 4.78 is 0. The molecule has 1 amide bonds. The third-order valence-corrected chi connectivity index (χ3v) is 5.40. The van der Waals surface area contributed by atoms with Gasteiger partial charge in [-0.3, -0.25) is 9.69 Å². The van der Waals surface area contributed by atoms with Gasteiger partial charge in [0.15, 0.2) is 0 Å². The third kappa shape index (κ3) is 5.46. The molecule has 0 aliphatic carbocycles. The van der Waals surface area contributed by atoms with Gasteiger partial charge in [-0.2, -0.15) is 11.8 Å². The molecule has 0 aromatic rings. The van der Waals surface area contributed by atoms with E-state index in [0.717, 1.165) is 39.0 Å². The van der Waals surface area contributed by atoms with Crippen LogP contribution in [-0.4, -0.2) is 61.1 Å². The van der Waals surface area contributed by atoms with Gasteiger partial charge in [0.05, 0.1) is 6.04 Å². The number of hydrogen-bond donors (Lipinski definition) is 2. The highest BCUT2D eigenvalue weighted by Crippen LogP contribution is 2.24. The number of thioether (sulfide) groups is 1. The van der Waals surface area contributed by atoms with Crippen LogP contribution in [0, 0.1) is 0 Å². The molecular weight excluding hydrogens is 282 g/mol. The summed E-state index contributed by atoms with van der Waals surface area (Å²) in [6.07, 6.45) is 10.4. The summed E-state index contributed by atoms with van der Waals surface area (Å²) in [6, 6.07) is 0.755. The van der Waals surface area contributed by atoms with Crippen molar-refractivity contribution >= 4 is 17.7 Å². The molecule has 0 aromatic heterocycles. The first-order chi connectivity index (χ1) is 10.3. The molecule has 21 heavy (non-hydrogen) atoms. The highest BCUT2D eigenvalue weighted by molar-refractivity contribution is 7.98. The van der Waals surface area contributed by atoms with E-state index in [2.05, 4.69) is 21.8 Å². The Bertz CT molecular complexity index is 308.